The Morgan fingerprint density at radius 3 is 3.06 bits per heavy atom. The maximum absolute atomic E-state index is 11.0. The van der Waals surface area contributed by atoms with Crippen molar-refractivity contribution >= 4 is 17.3 Å². The van der Waals surface area contributed by atoms with E-state index in [-0.39, 0.29) is 6.04 Å². The van der Waals surface area contributed by atoms with Crippen molar-refractivity contribution in [2.24, 2.45) is 0 Å². The van der Waals surface area contributed by atoms with E-state index in [1.54, 1.807) is 40.4 Å². The smallest absolute Gasteiger partial charge is 0.352 e. The van der Waals surface area contributed by atoms with Gasteiger partial charge in [0.2, 0.25) is 0 Å². The average molecular weight is 236 g/mol. The van der Waals surface area contributed by atoms with Gasteiger partial charge in [0.05, 0.1) is 6.04 Å². The Hall–Kier alpha value is -1.62. The monoisotopic (exact) mass is 236 g/mol. The molecule has 0 aliphatic rings. The highest BCUT2D eigenvalue weighted by molar-refractivity contribution is 7.09. The van der Waals surface area contributed by atoms with Crippen molar-refractivity contribution in [1.29, 1.82) is 0 Å². The van der Waals surface area contributed by atoms with Crippen molar-refractivity contribution in [2.75, 3.05) is 0 Å². The molecule has 1 atom stereocenters. The largest absolute Gasteiger partial charge is 0.477 e. The zero-order chi connectivity index (χ0) is 11.5. The second kappa shape index (κ2) is 4.49. The molecule has 0 fully saturated rings. The topological polar surface area (TPSA) is 55.1 Å². The quantitative estimate of drug-likeness (QED) is 0.887. The molecule has 0 aliphatic heterocycles. The summed E-state index contributed by atoms with van der Waals surface area (Å²) < 4.78 is 1.77. The first kappa shape index (κ1) is 10.9. The summed E-state index contributed by atoms with van der Waals surface area (Å²) >= 11 is 1.55. The van der Waals surface area contributed by atoms with Gasteiger partial charge in [0, 0.05) is 17.8 Å². The highest BCUT2D eigenvalue weighted by Gasteiger charge is 2.19. The van der Waals surface area contributed by atoms with Crippen LogP contribution in [0, 0.1) is 0 Å². The highest BCUT2D eigenvalue weighted by Crippen LogP contribution is 2.25. The molecule has 2 aromatic rings. The summed E-state index contributed by atoms with van der Waals surface area (Å²) in [5.41, 5.74) is 0.307. The summed E-state index contributed by atoms with van der Waals surface area (Å²) in [4.78, 5) is 15.3. The number of hydrogen-bond donors (Lipinski definition) is 1. The van der Waals surface area contributed by atoms with E-state index in [1.807, 2.05) is 12.3 Å². The first-order valence-corrected chi connectivity index (χ1v) is 5.91. The predicted molar refractivity (Wildman–Crippen MR) is 61.9 cm³/mol. The average Bonchev–Trinajstić information content (AvgIpc) is 2.88. The van der Waals surface area contributed by atoms with Gasteiger partial charge in [-0.2, -0.15) is 0 Å². The Kier molecular flexibility index (Phi) is 3.05. The number of aromatic carboxylic acids is 1. The van der Waals surface area contributed by atoms with Crippen LogP contribution in [0.5, 0.6) is 0 Å². The van der Waals surface area contributed by atoms with E-state index in [0.29, 0.717) is 5.69 Å². The number of nitrogens with zero attached hydrogens (tertiary/aromatic N) is 2. The van der Waals surface area contributed by atoms with Crippen molar-refractivity contribution in [2.45, 2.75) is 19.4 Å². The van der Waals surface area contributed by atoms with E-state index >= 15 is 0 Å². The Morgan fingerprint density at radius 2 is 2.50 bits per heavy atom. The molecule has 0 bridgehead atoms. The maximum atomic E-state index is 11.0. The number of hydrogen-bond acceptors (Lipinski definition) is 3. The van der Waals surface area contributed by atoms with Gasteiger partial charge < -0.3 is 9.67 Å². The van der Waals surface area contributed by atoms with Gasteiger partial charge in [-0.05, 0) is 18.6 Å². The fraction of sp³-hybridized carbons (Fsp3) is 0.273. The molecule has 84 valence electrons. The Morgan fingerprint density at radius 1 is 1.69 bits per heavy atom. The minimum atomic E-state index is -0.903. The number of carbonyl (C=O) groups is 1. The molecule has 0 saturated heterocycles. The number of thiazole rings is 1. The number of rotatable bonds is 4. The molecule has 0 aromatic carbocycles. The van der Waals surface area contributed by atoms with Gasteiger partial charge in [-0.3, -0.25) is 0 Å². The molecule has 0 saturated carbocycles. The van der Waals surface area contributed by atoms with Crippen LogP contribution < -0.4 is 0 Å². The SMILES string of the molecule is CCC(c1nccs1)n1cccc1C(=O)O. The standard InChI is InChI=1S/C11H12N2O2S/c1-2-8(10-12-5-7-16-10)13-6-3-4-9(13)11(14)15/h3-8H,2H2,1H3,(H,14,15). The summed E-state index contributed by atoms with van der Waals surface area (Å²) in [5, 5.41) is 11.9. The lowest BCUT2D eigenvalue weighted by Gasteiger charge is -2.16. The molecule has 4 nitrogen and oxygen atoms in total. The lowest BCUT2D eigenvalue weighted by molar-refractivity contribution is 0.0683. The zero-order valence-corrected chi connectivity index (χ0v) is 9.65. The van der Waals surface area contributed by atoms with Crippen molar-refractivity contribution in [1.82, 2.24) is 9.55 Å². The van der Waals surface area contributed by atoms with Crippen LogP contribution in [0.1, 0.15) is 34.9 Å². The summed E-state index contributed by atoms with van der Waals surface area (Å²) in [5.74, 6) is -0.903. The molecule has 2 aromatic heterocycles. The summed E-state index contributed by atoms with van der Waals surface area (Å²) in [6, 6.07) is 3.37. The van der Waals surface area contributed by atoms with Crippen LogP contribution in [0.3, 0.4) is 0 Å². The number of carboxylic acid groups (broad SMARTS) is 1. The zero-order valence-electron chi connectivity index (χ0n) is 8.83. The van der Waals surface area contributed by atoms with Crippen LogP contribution in [-0.2, 0) is 0 Å². The van der Waals surface area contributed by atoms with E-state index in [2.05, 4.69) is 4.98 Å². The lowest BCUT2D eigenvalue weighted by Crippen LogP contribution is -2.14. The molecule has 1 N–H and O–H groups in total. The molecule has 16 heavy (non-hydrogen) atoms. The van der Waals surface area contributed by atoms with Gasteiger partial charge in [-0.25, -0.2) is 9.78 Å². The highest BCUT2D eigenvalue weighted by atomic mass is 32.1. The van der Waals surface area contributed by atoms with Crippen LogP contribution in [-0.4, -0.2) is 20.6 Å². The molecule has 2 heterocycles. The molecule has 0 aliphatic carbocycles. The van der Waals surface area contributed by atoms with E-state index in [0.717, 1.165) is 11.4 Å². The van der Waals surface area contributed by atoms with E-state index in [1.165, 1.54) is 0 Å². The van der Waals surface area contributed by atoms with Crippen molar-refractivity contribution in [3.05, 3.63) is 40.6 Å². The Balaban J connectivity index is 2.41. The summed E-state index contributed by atoms with van der Waals surface area (Å²) in [6.45, 7) is 2.03. The van der Waals surface area contributed by atoms with Gasteiger partial charge in [-0.1, -0.05) is 6.92 Å². The molecular weight excluding hydrogens is 224 g/mol. The number of carboxylic acids is 1. The Labute approximate surface area is 97.2 Å². The van der Waals surface area contributed by atoms with Gasteiger partial charge >= 0.3 is 5.97 Å². The molecule has 1 unspecified atom stereocenters. The summed E-state index contributed by atoms with van der Waals surface area (Å²) in [6.07, 6.45) is 4.36. The van der Waals surface area contributed by atoms with Crippen LogP contribution in [0.4, 0.5) is 0 Å². The van der Waals surface area contributed by atoms with Crippen molar-refractivity contribution in [3.8, 4) is 0 Å². The van der Waals surface area contributed by atoms with Crippen LogP contribution in [0.15, 0.2) is 29.9 Å². The van der Waals surface area contributed by atoms with Gasteiger partial charge in [0.1, 0.15) is 10.7 Å². The molecular formula is C11H12N2O2S. The van der Waals surface area contributed by atoms with Gasteiger partial charge in [-0.15, -0.1) is 11.3 Å². The third kappa shape index (κ3) is 1.86. The lowest BCUT2D eigenvalue weighted by atomic mass is 10.2. The fourth-order valence-electron chi connectivity index (χ4n) is 1.74. The number of aromatic nitrogens is 2. The normalized spacial score (nSPS) is 12.6. The first-order chi connectivity index (χ1) is 7.74. The molecule has 0 radical (unpaired) electrons. The van der Waals surface area contributed by atoms with Gasteiger partial charge in [0.25, 0.3) is 0 Å². The van der Waals surface area contributed by atoms with E-state index in [4.69, 9.17) is 5.11 Å². The molecule has 0 spiro atoms. The third-order valence-electron chi connectivity index (χ3n) is 2.46. The Bertz CT molecular complexity index is 476. The van der Waals surface area contributed by atoms with Crippen LogP contribution >= 0.6 is 11.3 Å². The van der Waals surface area contributed by atoms with E-state index in [9.17, 15) is 4.79 Å². The second-order valence-corrected chi connectivity index (χ2v) is 4.33. The van der Waals surface area contributed by atoms with Crippen molar-refractivity contribution in [3.63, 3.8) is 0 Å². The fourth-order valence-corrected chi connectivity index (χ4v) is 2.56. The van der Waals surface area contributed by atoms with Gasteiger partial charge in [0.15, 0.2) is 0 Å². The summed E-state index contributed by atoms with van der Waals surface area (Å²) in [7, 11) is 0. The second-order valence-electron chi connectivity index (χ2n) is 3.40. The molecule has 0 amide bonds. The molecule has 2 rings (SSSR count). The minimum absolute atomic E-state index is 0.0149. The van der Waals surface area contributed by atoms with E-state index < -0.39 is 5.97 Å². The van der Waals surface area contributed by atoms with Crippen LogP contribution in [0.2, 0.25) is 0 Å². The minimum Gasteiger partial charge on any atom is -0.477 e. The van der Waals surface area contributed by atoms with Crippen LogP contribution in [0.25, 0.3) is 0 Å². The maximum Gasteiger partial charge on any atom is 0.352 e. The third-order valence-corrected chi connectivity index (χ3v) is 3.33. The van der Waals surface area contributed by atoms with Crippen molar-refractivity contribution < 1.29 is 9.90 Å². The molecule has 5 heteroatoms. The predicted octanol–water partition coefficient (Wildman–Crippen LogP) is 2.64. The first-order valence-electron chi connectivity index (χ1n) is 5.03.